The second kappa shape index (κ2) is 7.79. The van der Waals surface area contributed by atoms with Crippen LogP contribution in [0.25, 0.3) is 11.0 Å². The van der Waals surface area contributed by atoms with E-state index in [-0.39, 0.29) is 18.8 Å². The summed E-state index contributed by atoms with van der Waals surface area (Å²) in [6, 6.07) is 13.6. The Morgan fingerprint density at radius 3 is 2.42 bits per heavy atom. The monoisotopic (exact) mass is 354 g/mol. The fourth-order valence-electron chi connectivity index (χ4n) is 3.30. The molecule has 26 heavy (non-hydrogen) atoms. The standard InChI is InChI=1S/C21H26N2O3/c1-4-11-22-18-7-5-6-8-19(18)23(21(22)25)13-17(24)14-26-20-10-9-15(2)12-16(20)3/h5-10,12,17,24H,4,11,13-14H2,1-3H3/t17-/m1/s1. The normalized spacial score (nSPS) is 12.5. The number of aliphatic hydroxyl groups excluding tert-OH is 1. The molecule has 5 nitrogen and oxygen atoms in total. The van der Waals surface area contributed by atoms with E-state index in [9.17, 15) is 9.90 Å². The van der Waals surface area contributed by atoms with Gasteiger partial charge >= 0.3 is 5.69 Å². The molecule has 0 fully saturated rings. The summed E-state index contributed by atoms with van der Waals surface area (Å²) < 4.78 is 9.17. The molecule has 0 amide bonds. The van der Waals surface area contributed by atoms with Crippen molar-refractivity contribution in [3.63, 3.8) is 0 Å². The van der Waals surface area contributed by atoms with E-state index >= 15 is 0 Å². The first-order valence-electron chi connectivity index (χ1n) is 9.07. The Morgan fingerprint density at radius 2 is 1.77 bits per heavy atom. The molecule has 1 heterocycles. The molecule has 0 saturated heterocycles. The molecule has 138 valence electrons. The summed E-state index contributed by atoms with van der Waals surface area (Å²) >= 11 is 0. The van der Waals surface area contributed by atoms with E-state index in [2.05, 4.69) is 0 Å². The lowest BCUT2D eigenvalue weighted by Crippen LogP contribution is -2.31. The molecular formula is C21H26N2O3. The van der Waals surface area contributed by atoms with Crippen molar-refractivity contribution in [1.82, 2.24) is 9.13 Å². The van der Waals surface area contributed by atoms with Gasteiger partial charge < -0.3 is 9.84 Å². The molecule has 1 aromatic heterocycles. The first-order chi connectivity index (χ1) is 12.5. The van der Waals surface area contributed by atoms with Gasteiger partial charge in [-0.2, -0.15) is 0 Å². The van der Waals surface area contributed by atoms with Gasteiger partial charge in [-0.25, -0.2) is 4.79 Å². The van der Waals surface area contributed by atoms with Crippen molar-refractivity contribution in [3.05, 3.63) is 64.1 Å². The van der Waals surface area contributed by atoms with Crippen molar-refractivity contribution in [1.29, 1.82) is 0 Å². The number of aliphatic hydroxyl groups is 1. The first kappa shape index (κ1) is 18.3. The van der Waals surface area contributed by atoms with Crippen LogP contribution in [0.5, 0.6) is 5.75 Å². The van der Waals surface area contributed by atoms with Crippen LogP contribution in [0.1, 0.15) is 24.5 Å². The Balaban J connectivity index is 1.78. The van der Waals surface area contributed by atoms with Gasteiger partial charge in [0.05, 0.1) is 17.6 Å². The Labute approximate surface area is 153 Å². The number of imidazole rings is 1. The summed E-state index contributed by atoms with van der Waals surface area (Å²) in [6.45, 7) is 7.08. The summed E-state index contributed by atoms with van der Waals surface area (Å²) in [4.78, 5) is 12.8. The molecule has 3 rings (SSSR count). The largest absolute Gasteiger partial charge is 0.491 e. The number of hydrogen-bond acceptors (Lipinski definition) is 3. The predicted octanol–water partition coefficient (Wildman–Crippen LogP) is 3.27. The molecule has 5 heteroatoms. The van der Waals surface area contributed by atoms with E-state index in [1.807, 2.05) is 63.2 Å². The van der Waals surface area contributed by atoms with E-state index in [1.54, 1.807) is 9.13 Å². The highest BCUT2D eigenvalue weighted by Crippen LogP contribution is 2.19. The SMILES string of the molecule is CCCn1c(=O)n(C[C@@H](O)COc2ccc(C)cc2C)c2ccccc21. The van der Waals surface area contributed by atoms with E-state index in [0.29, 0.717) is 6.54 Å². The van der Waals surface area contributed by atoms with Crippen LogP contribution in [-0.2, 0) is 13.1 Å². The number of nitrogens with zero attached hydrogens (tertiary/aromatic N) is 2. The summed E-state index contributed by atoms with van der Waals surface area (Å²) in [5, 5.41) is 10.4. The third kappa shape index (κ3) is 3.68. The van der Waals surface area contributed by atoms with E-state index in [4.69, 9.17) is 4.74 Å². The number of aryl methyl sites for hydroxylation is 3. The van der Waals surface area contributed by atoms with Crippen LogP contribution in [0.2, 0.25) is 0 Å². The highest BCUT2D eigenvalue weighted by molar-refractivity contribution is 5.76. The van der Waals surface area contributed by atoms with Gasteiger partial charge in [-0.15, -0.1) is 0 Å². The lowest BCUT2D eigenvalue weighted by molar-refractivity contribution is 0.0921. The van der Waals surface area contributed by atoms with Crippen molar-refractivity contribution in [2.24, 2.45) is 0 Å². The Bertz CT molecular complexity index is 956. The lowest BCUT2D eigenvalue weighted by atomic mass is 10.1. The summed E-state index contributed by atoms with van der Waals surface area (Å²) in [5.41, 5.74) is 3.87. The molecule has 0 aliphatic carbocycles. The summed E-state index contributed by atoms with van der Waals surface area (Å²) in [6.07, 6.45) is 0.112. The third-order valence-corrected chi connectivity index (χ3v) is 4.53. The molecule has 0 radical (unpaired) electrons. The Hall–Kier alpha value is -2.53. The molecular weight excluding hydrogens is 328 g/mol. The number of aromatic nitrogens is 2. The number of fused-ring (bicyclic) bond motifs is 1. The molecule has 0 spiro atoms. The zero-order chi connectivity index (χ0) is 18.7. The van der Waals surface area contributed by atoms with E-state index < -0.39 is 6.10 Å². The second-order valence-corrected chi connectivity index (χ2v) is 6.77. The van der Waals surface area contributed by atoms with Gasteiger partial charge in [0.25, 0.3) is 0 Å². The molecule has 3 aromatic rings. The fraction of sp³-hybridized carbons (Fsp3) is 0.381. The van der Waals surface area contributed by atoms with E-state index in [1.165, 1.54) is 5.56 Å². The number of para-hydroxylation sites is 2. The zero-order valence-corrected chi connectivity index (χ0v) is 15.6. The van der Waals surface area contributed by atoms with Crippen molar-refractivity contribution < 1.29 is 9.84 Å². The highest BCUT2D eigenvalue weighted by Gasteiger charge is 2.16. The number of rotatable bonds is 7. The van der Waals surface area contributed by atoms with Crippen LogP contribution in [0.15, 0.2) is 47.3 Å². The van der Waals surface area contributed by atoms with Crippen LogP contribution in [0.4, 0.5) is 0 Å². The van der Waals surface area contributed by atoms with Gasteiger partial charge in [0.2, 0.25) is 0 Å². The first-order valence-corrected chi connectivity index (χ1v) is 9.07. The van der Waals surface area contributed by atoms with Crippen LogP contribution in [-0.4, -0.2) is 27.0 Å². The molecule has 0 aliphatic rings. The molecule has 0 saturated carbocycles. The minimum Gasteiger partial charge on any atom is -0.491 e. The topological polar surface area (TPSA) is 56.4 Å². The molecule has 1 N–H and O–H groups in total. The van der Waals surface area contributed by atoms with Gasteiger partial charge in [-0.1, -0.05) is 36.8 Å². The number of hydrogen-bond donors (Lipinski definition) is 1. The maximum atomic E-state index is 12.8. The second-order valence-electron chi connectivity index (χ2n) is 6.77. The van der Waals surface area contributed by atoms with Crippen molar-refractivity contribution >= 4 is 11.0 Å². The maximum Gasteiger partial charge on any atom is 0.329 e. The number of ether oxygens (including phenoxy) is 1. The molecule has 0 aliphatic heterocycles. The molecule has 1 atom stereocenters. The van der Waals surface area contributed by atoms with Crippen molar-refractivity contribution in [3.8, 4) is 5.75 Å². The predicted molar refractivity (Wildman–Crippen MR) is 104 cm³/mol. The highest BCUT2D eigenvalue weighted by atomic mass is 16.5. The number of benzene rings is 2. The van der Waals surface area contributed by atoms with Crippen molar-refractivity contribution in [2.75, 3.05) is 6.61 Å². The quantitative estimate of drug-likeness (QED) is 0.708. The molecule has 0 unspecified atom stereocenters. The van der Waals surface area contributed by atoms with Gasteiger partial charge in [0, 0.05) is 6.54 Å². The van der Waals surface area contributed by atoms with E-state index in [0.717, 1.165) is 28.8 Å². The van der Waals surface area contributed by atoms with Crippen LogP contribution in [0.3, 0.4) is 0 Å². The average Bonchev–Trinajstić information content (AvgIpc) is 2.87. The fourth-order valence-corrected chi connectivity index (χ4v) is 3.30. The van der Waals surface area contributed by atoms with Crippen molar-refractivity contribution in [2.45, 2.75) is 46.4 Å². The Morgan fingerprint density at radius 1 is 1.08 bits per heavy atom. The Kier molecular flexibility index (Phi) is 5.47. The van der Waals surface area contributed by atoms with Gasteiger partial charge in [-0.05, 0) is 44.0 Å². The van der Waals surface area contributed by atoms with Crippen LogP contribution in [0, 0.1) is 13.8 Å². The summed E-state index contributed by atoms with van der Waals surface area (Å²) in [7, 11) is 0. The molecule has 0 bridgehead atoms. The molecule has 2 aromatic carbocycles. The van der Waals surface area contributed by atoms with Gasteiger partial charge in [0.15, 0.2) is 0 Å². The minimum atomic E-state index is -0.769. The maximum absolute atomic E-state index is 12.8. The average molecular weight is 354 g/mol. The third-order valence-electron chi connectivity index (χ3n) is 4.53. The van der Waals surface area contributed by atoms with Gasteiger partial charge in [0.1, 0.15) is 18.5 Å². The van der Waals surface area contributed by atoms with Crippen LogP contribution >= 0.6 is 0 Å². The zero-order valence-electron chi connectivity index (χ0n) is 15.6. The smallest absolute Gasteiger partial charge is 0.329 e. The lowest BCUT2D eigenvalue weighted by Gasteiger charge is -2.15. The minimum absolute atomic E-state index is 0.0846. The summed E-state index contributed by atoms with van der Waals surface area (Å²) in [5.74, 6) is 0.760. The van der Waals surface area contributed by atoms with Gasteiger partial charge in [-0.3, -0.25) is 9.13 Å². The van der Waals surface area contributed by atoms with Crippen LogP contribution < -0.4 is 10.4 Å².